The predicted molar refractivity (Wildman–Crippen MR) is 69.1 cm³/mol. The average Bonchev–Trinajstić information content (AvgIpc) is 2.21. The van der Waals surface area contributed by atoms with Crippen molar-refractivity contribution in [2.75, 3.05) is 5.32 Å². The Hall–Kier alpha value is -1.03. The molecule has 3 nitrogen and oxygen atoms in total. The van der Waals surface area contributed by atoms with Crippen LogP contribution in [-0.4, -0.2) is 17.1 Å². The van der Waals surface area contributed by atoms with E-state index in [1.807, 2.05) is 6.07 Å². The molecule has 0 spiro atoms. The smallest absolute Gasteiger partial charge is 0.337 e. The maximum atomic E-state index is 11.1. The van der Waals surface area contributed by atoms with E-state index < -0.39 is 5.97 Å². The van der Waals surface area contributed by atoms with Crippen molar-refractivity contribution in [3.63, 3.8) is 0 Å². The molecule has 0 aliphatic rings. The van der Waals surface area contributed by atoms with Gasteiger partial charge in [-0.1, -0.05) is 19.4 Å². The van der Waals surface area contributed by atoms with Gasteiger partial charge in [0.15, 0.2) is 0 Å². The highest BCUT2D eigenvalue weighted by Gasteiger charge is 2.14. The van der Waals surface area contributed by atoms with Crippen LogP contribution in [0.25, 0.3) is 0 Å². The van der Waals surface area contributed by atoms with Crippen molar-refractivity contribution >= 4 is 27.6 Å². The van der Waals surface area contributed by atoms with Gasteiger partial charge in [-0.3, -0.25) is 0 Å². The normalized spacial score (nSPS) is 12.2. The molecule has 0 heterocycles. The number of carboxylic acid groups (broad SMARTS) is 1. The van der Waals surface area contributed by atoms with Gasteiger partial charge in [0.25, 0.3) is 0 Å². The van der Waals surface area contributed by atoms with Crippen LogP contribution in [0, 0.1) is 0 Å². The van der Waals surface area contributed by atoms with E-state index in [-0.39, 0.29) is 6.04 Å². The number of hydrogen-bond acceptors (Lipinski definition) is 2. The van der Waals surface area contributed by atoms with Gasteiger partial charge in [-0.2, -0.15) is 0 Å². The molecule has 1 rings (SSSR count). The van der Waals surface area contributed by atoms with E-state index in [2.05, 4.69) is 35.1 Å². The summed E-state index contributed by atoms with van der Waals surface area (Å²) in [5.41, 5.74) is 0.966. The van der Waals surface area contributed by atoms with Crippen LogP contribution in [0.4, 0.5) is 5.69 Å². The Balaban J connectivity index is 2.97. The highest BCUT2D eigenvalue weighted by molar-refractivity contribution is 9.10. The second kappa shape index (κ2) is 5.89. The van der Waals surface area contributed by atoms with Crippen molar-refractivity contribution in [3.05, 3.63) is 28.2 Å². The van der Waals surface area contributed by atoms with Gasteiger partial charge in [-0.15, -0.1) is 0 Å². The highest BCUT2D eigenvalue weighted by Crippen LogP contribution is 2.27. The molecule has 0 bridgehead atoms. The molecular formula is C12H16BrNO2. The molecule has 0 fully saturated rings. The zero-order valence-electron chi connectivity index (χ0n) is 9.46. The minimum absolute atomic E-state index is 0.266. The largest absolute Gasteiger partial charge is 0.478 e. The number of nitrogens with one attached hydrogen (secondary N) is 1. The number of anilines is 1. The van der Waals surface area contributed by atoms with Crippen LogP contribution in [0.2, 0.25) is 0 Å². The van der Waals surface area contributed by atoms with Gasteiger partial charge in [0.05, 0.1) is 11.3 Å². The molecule has 0 amide bonds. The Morgan fingerprint density at radius 1 is 1.56 bits per heavy atom. The zero-order valence-corrected chi connectivity index (χ0v) is 11.0. The first-order valence-electron chi connectivity index (χ1n) is 5.34. The van der Waals surface area contributed by atoms with Crippen LogP contribution in [0.5, 0.6) is 0 Å². The van der Waals surface area contributed by atoms with Crippen molar-refractivity contribution in [1.29, 1.82) is 0 Å². The highest BCUT2D eigenvalue weighted by atomic mass is 79.9. The molecular weight excluding hydrogens is 270 g/mol. The first-order valence-corrected chi connectivity index (χ1v) is 6.14. The van der Waals surface area contributed by atoms with E-state index in [9.17, 15) is 4.79 Å². The maximum absolute atomic E-state index is 11.1. The standard InChI is InChI=1S/C12H16BrNO2/c1-3-5-8(2)14-11-9(12(15)16)6-4-7-10(11)13/h4,6-8,14H,3,5H2,1-2H3,(H,15,16). The Bertz CT molecular complexity index is 379. The van der Waals surface area contributed by atoms with Crippen LogP contribution < -0.4 is 5.32 Å². The SMILES string of the molecule is CCCC(C)Nc1c(Br)cccc1C(=O)O. The maximum Gasteiger partial charge on any atom is 0.337 e. The minimum Gasteiger partial charge on any atom is -0.478 e. The summed E-state index contributed by atoms with van der Waals surface area (Å²) in [6, 6.07) is 5.44. The van der Waals surface area contributed by atoms with E-state index >= 15 is 0 Å². The molecule has 1 unspecified atom stereocenters. The lowest BCUT2D eigenvalue weighted by atomic mass is 10.1. The van der Waals surface area contributed by atoms with Crippen molar-refractivity contribution in [2.45, 2.75) is 32.7 Å². The van der Waals surface area contributed by atoms with Gasteiger partial charge in [0.1, 0.15) is 0 Å². The fourth-order valence-corrected chi connectivity index (χ4v) is 2.08. The van der Waals surface area contributed by atoms with Crippen LogP contribution >= 0.6 is 15.9 Å². The molecule has 2 N–H and O–H groups in total. The van der Waals surface area contributed by atoms with E-state index in [1.165, 1.54) is 0 Å². The zero-order chi connectivity index (χ0) is 12.1. The van der Waals surface area contributed by atoms with Crippen LogP contribution in [-0.2, 0) is 0 Å². The topological polar surface area (TPSA) is 49.3 Å². The third-order valence-electron chi connectivity index (χ3n) is 2.36. The average molecular weight is 286 g/mol. The number of carbonyl (C=O) groups is 1. The number of hydrogen-bond donors (Lipinski definition) is 2. The lowest BCUT2D eigenvalue weighted by Crippen LogP contribution is -2.17. The monoisotopic (exact) mass is 285 g/mol. The van der Waals surface area contributed by atoms with Gasteiger partial charge in [0.2, 0.25) is 0 Å². The van der Waals surface area contributed by atoms with Gasteiger partial charge >= 0.3 is 5.97 Å². The lowest BCUT2D eigenvalue weighted by molar-refractivity contribution is 0.0698. The van der Waals surface area contributed by atoms with Gasteiger partial charge in [-0.25, -0.2) is 4.79 Å². The summed E-state index contributed by atoms with van der Waals surface area (Å²) < 4.78 is 0.787. The molecule has 0 aromatic heterocycles. The van der Waals surface area contributed by atoms with E-state index in [1.54, 1.807) is 12.1 Å². The van der Waals surface area contributed by atoms with E-state index in [0.717, 1.165) is 17.3 Å². The molecule has 0 saturated heterocycles. The molecule has 0 saturated carbocycles. The molecule has 16 heavy (non-hydrogen) atoms. The first-order chi connectivity index (χ1) is 7.56. The quantitative estimate of drug-likeness (QED) is 0.866. The van der Waals surface area contributed by atoms with Gasteiger partial charge in [0, 0.05) is 10.5 Å². The Kier molecular flexibility index (Phi) is 4.80. The van der Waals surface area contributed by atoms with Crippen LogP contribution in [0.3, 0.4) is 0 Å². The summed E-state index contributed by atoms with van der Waals surface area (Å²) in [5, 5.41) is 12.3. The Morgan fingerprint density at radius 2 is 2.25 bits per heavy atom. The molecule has 1 aromatic carbocycles. The second-order valence-electron chi connectivity index (χ2n) is 3.80. The third kappa shape index (κ3) is 3.23. The van der Waals surface area contributed by atoms with Crippen LogP contribution in [0.15, 0.2) is 22.7 Å². The van der Waals surface area contributed by atoms with Crippen molar-refractivity contribution in [2.24, 2.45) is 0 Å². The minimum atomic E-state index is -0.910. The summed E-state index contributed by atoms with van der Waals surface area (Å²) in [6.45, 7) is 4.16. The molecule has 4 heteroatoms. The Labute approximate surface area is 104 Å². The number of rotatable bonds is 5. The van der Waals surface area contributed by atoms with E-state index in [4.69, 9.17) is 5.11 Å². The number of para-hydroxylation sites is 1. The summed E-state index contributed by atoms with van der Waals surface area (Å²) in [5.74, 6) is -0.910. The first kappa shape index (κ1) is 13.0. The molecule has 0 radical (unpaired) electrons. The van der Waals surface area contributed by atoms with Crippen LogP contribution in [0.1, 0.15) is 37.0 Å². The van der Waals surface area contributed by atoms with Crippen molar-refractivity contribution < 1.29 is 9.90 Å². The van der Waals surface area contributed by atoms with Gasteiger partial charge in [-0.05, 0) is 41.4 Å². The van der Waals surface area contributed by atoms with Gasteiger partial charge < -0.3 is 10.4 Å². The fourth-order valence-electron chi connectivity index (χ4n) is 1.60. The summed E-state index contributed by atoms with van der Waals surface area (Å²) in [7, 11) is 0. The molecule has 88 valence electrons. The number of aromatic carboxylic acids is 1. The molecule has 1 aromatic rings. The van der Waals surface area contributed by atoms with Crippen molar-refractivity contribution in [1.82, 2.24) is 0 Å². The summed E-state index contributed by atoms with van der Waals surface area (Å²) >= 11 is 3.37. The number of benzene rings is 1. The summed E-state index contributed by atoms with van der Waals surface area (Å²) in [6.07, 6.45) is 2.08. The van der Waals surface area contributed by atoms with Crippen molar-refractivity contribution in [3.8, 4) is 0 Å². The Morgan fingerprint density at radius 3 is 2.81 bits per heavy atom. The van der Waals surface area contributed by atoms with E-state index in [0.29, 0.717) is 11.3 Å². The second-order valence-corrected chi connectivity index (χ2v) is 4.66. The lowest BCUT2D eigenvalue weighted by Gasteiger charge is -2.17. The molecule has 1 atom stereocenters. The number of halogens is 1. The fraction of sp³-hybridized carbons (Fsp3) is 0.417. The summed E-state index contributed by atoms with van der Waals surface area (Å²) in [4.78, 5) is 11.1. The number of carboxylic acids is 1. The molecule has 0 aliphatic heterocycles. The molecule has 0 aliphatic carbocycles. The third-order valence-corrected chi connectivity index (χ3v) is 3.02. The predicted octanol–water partition coefficient (Wildman–Crippen LogP) is 3.75.